The van der Waals surface area contributed by atoms with E-state index in [1.165, 1.54) is 87.3 Å². The van der Waals surface area contributed by atoms with Gasteiger partial charge in [0.2, 0.25) is 0 Å². The third kappa shape index (κ3) is 7.36. The lowest BCUT2D eigenvalue weighted by atomic mass is 9.88. The third-order valence-corrected chi connectivity index (χ3v) is 7.36. The normalized spacial score (nSPS) is 20.0. The first kappa shape index (κ1) is 22.2. The van der Waals surface area contributed by atoms with Crippen molar-refractivity contribution < 1.29 is 0 Å². The van der Waals surface area contributed by atoms with Crippen molar-refractivity contribution in [2.24, 2.45) is 23.5 Å². The molecule has 1 aromatic carbocycles. The summed E-state index contributed by atoms with van der Waals surface area (Å²) in [4.78, 5) is 0. The van der Waals surface area contributed by atoms with Crippen molar-refractivity contribution in [1.29, 1.82) is 0 Å². The summed E-state index contributed by atoms with van der Waals surface area (Å²) in [5.74, 6) is 2.79. The quantitative estimate of drug-likeness (QED) is 0.300. The number of hydrogen-bond acceptors (Lipinski definition) is 1. The van der Waals surface area contributed by atoms with Crippen molar-refractivity contribution >= 4 is 0 Å². The van der Waals surface area contributed by atoms with Gasteiger partial charge in [0, 0.05) is 12.1 Å². The summed E-state index contributed by atoms with van der Waals surface area (Å²) in [6, 6.07) is 8.73. The van der Waals surface area contributed by atoms with E-state index in [4.69, 9.17) is 5.73 Å². The molecule has 2 saturated carbocycles. The highest BCUT2D eigenvalue weighted by molar-refractivity contribution is 5.33. The molecule has 0 spiro atoms. The molecule has 29 heavy (non-hydrogen) atoms. The van der Waals surface area contributed by atoms with Gasteiger partial charge in [-0.05, 0) is 74.5 Å². The van der Waals surface area contributed by atoms with Crippen LogP contribution in [0.4, 0.5) is 0 Å². The van der Waals surface area contributed by atoms with Gasteiger partial charge in [-0.15, -0.1) is 0 Å². The van der Waals surface area contributed by atoms with Crippen LogP contribution < -0.4 is 5.73 Å². The van der Waals surface area contributed by atoms with Crippen molar-refractivity contribution in [3.63, 3.8) is 0 Å². The average Bonchev–Trinajstić information content (AvgIpc) is 3.39. The minimum atomic E-state index is 0.829. The van der Waals surface area contributed by atoms with Gasteiger partial charge in [0.1, 0.15) is 0 Å². The van der Waals surface area contributed by atoms with E-state index in [-0.39, 0.29) is 0 Å². The molecule has 0 heterocycles. The van der Waals surface area contributed by atoms with E-state index in [1.807, 2.05) is 0 Å². The van der Waals surface area contributed by atoms with E-state index < -0.39 is 0 Å². The van der Waals surface area contributed by atoms with Gasteiger partial charge >= 0.3 is 0 Å². The van der Waals surface area contributed by atoms with Gasteiger partial charge in [-0.1, -0.05) is 87.3 Å². The Bertz CT molecular complexity index is 701. The number of allylic oxidation sites excluding steroid dienone is 4. The minimum Gasteiger partial charge on any atom is -0.402 e. The van der Waals surface area contributed by atoms with Crippen molar-refractivity contribution in [2.45, 2.75) is 97.8 Å². The smallest absolute Gasteiger partial charge is 0.0128 e. The van der Waals surface area contributed by atoms with E-state index in [2.05, 4.69) is 51.1 Å². The fourth-order valence-corrected chi connectivity index (χ4v) is 5.22. The van der Waals surface area contributed by atoms with E-state index in [9.17, 15) is 0 Å². The van der Waals surface area contributed by atoms with Gasteiger partial charge in [-0.3, -0.25) is 0 Å². The number of rotatable bonds is 11. The predicted molar refractivity (Wildman–Crippen MR) is 127 cm³/mol. The highest BCUT2D eigenvalue weighted by atomic mass is 14.6. The Kier molecular flexibility index (Phi) is 8.45. The summed E-state index contributed by atoms with van der Waals surface area (Å²) in [6.07, 6.45) is 18.5. The van der Waals surface area contributed by atoms with Gasteiger partial charge < -0.3 is 5.73 Å². The number of nitrogens with two attached hydrogens (primary N) is 1. The topological polar surface area (TPSA) is 26.0 Å². The molecule has 1 atom stereocenters. The molecule has 2 fully saturated rings. The van der Waals surface area contributed by atoms with Gasteiger partial charge in [0.25, 0.3) is 0 Å². The molecule has 0 saturated heterocycles. The Morgan fingerprint density at radius 3 is 2.55 bits per heavy atom. The molecule has 0 amide bonds. The first-order valence-corrected chi connectivity index (χ1v) is 12.2. The number of unbranched alkanes of at least 4 members (excludes halogenated alkanes) is 2. The zero-order valence-electron chi connectivity index (χ0n) is 19.2. The van der Waals surface area contributed by atoms with Gasteiger partial charge in [-0.2, -0.15) is 0 Å². The lowest BCUT2D eigenvalue weighted by Crippen LogP contribution is -2.07. The Morgan fingerprint density at radius 2 is 1.86 bits per heavy atom. The Hall–Kier alpha value is -1.50. The van der Waals surface area contributed by atoms with Crippen LogP contribution in [0, 0.1) is 24.7 Å². The van der Waals surface area contributed by atoms with Crippen LogP contribution in [0.3, 0.4) is 0 Å². The second kappa shape index (κ2) is 11.0. The summed E-state index contributed by atoms with van der Waals surface area (Å²) >= 11 is 0. The van der Waals surface area contributed by atoms with Gasteiger partial charge in [-0.25, -0.2) is 0 Å². The second-order valence-corrected chi connectivity index (χ2v) is 9.99. The molecule has 1 nitrogen and oxygen atoms in total. The number of aryl methyl sites for hydroxylation is 1. The fourth-order valence-electron chi connectivity index (χ4n) is 5.22. The van der Waals surface area contributed by atoms with Crippen molar-refractivity contribution in [1.82, 2.24) is 0 Å². The molecule has 0 radical (unpaired) electrons. The molecule has 0 aliphatic heterocycles. The van der Waals surface area contributed by atoms with Crippen LogP contribution in [-0.2, 0) is 6.42 Å². The standard InChI is InChI=1S/C28H43N/c1-21-10-9-12-24(18-21)19-28(29)20-27(23(3)26-16-17-26)15-6-4-5-11-22(2)25-13-7-8-14-25/h9-10,12,18,20,22,25-26H,4-8,11,13-17,19,29H2,1-3H3/b27-23+,28-20-. The molecule has 3 rings (SSSR count). The summed E-state index contributed by atoms with van der Waals surface area (Å²) in [7, 11) is 0. The summed E-state index contributed by atoms with van der Waals surface area (Å²) in [5.41, 5.74) is 13.3. The molecule has 2 N–H and O–H groups in total. The largest absolute Gasteiger partial charge is 0.402 e. The molecule has 2 aliphatic rings. The molecule has 1 aromatic rings. The van der Waals surface area contributed by atoms with E-state index >= 15 is 0 Å². The van der Waals surface area contributed by atoms with Crippen molar-refractivity contribution in [3.8, 4) is 0 Å². The van der Waals surface area contributed by atoms with Crippen molar-refractivity contribution in [2.75, 3.05) is 0 Å². The van der Waals surface area contributed by atoms with Crippen LogP contribution in [0.1, 0.15) is 95.6 Å². The van der Waals surface area contributed by atoms with Crippen LogP contribution >= 0.6 is 0 Å². The highest BCUT2D eigenvalue weighted by Gasteiger charge is 2.25. The SMILES string of the molecule is C/C(=C(\C=C(/N)Cc1cccc(C)c1)CCCCCC(C)C1CCCC1)C1CC1. The van der Waals surface area contributed by atoms with Gasteiger partial charge in [0.05, 0.1) is 0 Å². The van der Waals surface area contributed by atoms with Gasteiger partial charge in [0.15, 0.2) is 0 Å². The number of hydrogen-bond donors (Lipinski definition) is 1. The summed E-state index contributed by atoms with van der Waals surface area (Å²) in [5, 5.41) is 0. The fraction of sp³-hybridized carbons (Fsp3) is 0.643. The Morgan fingerprint density at radius 1 is 1.10 bits per heavy atom. The Labute approximate surface area is 179 Å². The predicted octanol–water partition coefficient (Wildman–Crippen LogP) is 7.88. The molecule has 1 unspecified atom stereocenters. The molecule has 1 heteroatoms. The summed E-state index contributed by atoms with van der Waals surface area (Å²) < 4.78 is 0. The zero-order chi connectivity index (χ0) is 20.6. The maximum atomic E-state index is 6.48. The highest BCUT2D eigenvalue weighted by Crippen LogP contribution is 2.39. The molecular weight excluding hydrogens is 350 g/mol. The molecule has 0 bridgehead atoms. The monoisotopic (exact) mass is 393 g/mol. The molecule has 160 valence electrons. The van der Waals surface area contributed by atoms with Crippen LogP contribution in [0.15, 0.2) is 47.2 Å². The van der Waals surface area contributed by atoms with E-state index in [0.717, 1.165) is 29.9 Å². The molecule has 2 aliphatic carbocycles. The van der Waals surface area contributed by atoms with Crippen LogP contribution in [-0.4, -0.2) is 0 Å². The first-order chi connectivity index (χ1) is 14.0. The summed E-state index contributed by atoms with van der Waals surface area (Å²) in [6.45, 7) is 7.00. The van der Waals surface area contributed by atoms with E-state index in [0.29, 0.717) is 0 Å². The lowest BCUT2D eigenvalue weighted by molar-refractivity contribution is 0.334. The first-order valence-electron chi connectivity index (χ1n) is 12.2. The second-order valence-electron chi connectivity index (χ2n) is 9.99. The van der Waals surface area contributed by atoms with Crippen LogP contribution in [0.2, 0.25) is 0 Å². The lowest BCUT2D eigenvalue weighted by Gasteiger charge is -2.18. The van der Waals surface area contributed by atoms with Crippen LogP contribution in [0.25, 0.3) is 0 Å². The molecular formula is C28H43N. The molecule has 0 aromatic heterocycles. The van der Waals surface area contributed by atoms with Crippen molar-refractivity contribution in [3.05, 3.63) is 58.3 Å². The average molecular weight is 394 g/mol. The Balaban J connectivity index is 1.49. The number of benzene rings is 1. The van der Waals surface area contributed by atoms with E-state index in [1.54, 1.807) is 5.57 Å². The minimum absolute atomic E-state index is 0.829. The van der Waals surface area contributed by atoms with Crippen LogP contribution in [0.5, 0.6) is 0 Å². The third-order valence-electron chi connectivity index (χ3n) is 7.36. The zero-order valence-corrected chi connectivity index (χ0v) is 19.2. The maximum absolute atomic E-state index is 6.48. The maximum Gasteiger partial charge on any atom is 0.0128 e.